The molecule has 0 bridgehead atoms. The zero-order valence-electron chi connectivity index (χ0n) is 9.44. The fourth-order valence-electron chi connectivity index (χ4n) is 0.939. The SMILES string of the molecule is O=S(=O)([O-])c1ccc[nH]1.O=S(=O)([O-])c1ccc[nH]1.[Mg+2]. The van der Waals surface area contributed by atoms with Crippen LogP contribution in [0.15, 0.2) is 46.7 Å². The Balaban J connectivity index is 0.000000324. The Bertz CT molecular complexity index is 613. The molecule has 8 nitrogen and oxygen atoms in total. The van der Waals surface area contributed by atoms with Crippen molar-refractivity contribution in [3.8, 4) is 0 Å². The van der Waals surface area contributed by atoms with Gasteiger partial charge in [-0.25, -0.2) is 16.8 Å². The molecule has 2 rings (SSSR count). The summed E-state index contributed by atoms with van der Waals surface area (Å²) in [5, 5.41) is -0.579. The molecule has 0 atom stereocenters. The zero-order chi connectivity index (χ0) is 13.8. The number of hydrogen-bond acceptors (Lipinski definition) is 6. The van der Waals surface area contributed by atoms with Gasteiger partial charge >= 0.3 is 23.1 Å². The van der Waals surface area contributed by atoms with Gasteiger partial charge in [0.1, 0.15) is 30.3 Å². The summed E-state index contributed by atoms with van der Waals surface area (Å²) in [6.07, 6.45) is 2.76. The van der Waals surface area contributed by atoms with E-state index in [0.29, 0.717) is 0 Å². The van der Waals surface area contributed by atoms with Crippen LogP contribution in [0.5, 0.6) is 0 Å². The molecule has 0 spiro atoms. The van der Waals surface area contributed by atoms with Crippen LogP contribution in [0, 0.1) is 0 Å². The van der Waals surface area contributed by atoms with Crippen molar-refractivity contribution in [1.29, 1.82) is 0 Å². The minimum absolute atomic E-state index is 0. The molecule has 100 valence electrons. The second kappa shape index (κ2) is 7.07. The van der Waals surface area contributed by atoms with Gasteiger partial charge in [0, 0.05) is 12.4 Å². The molecule has 0 unspecified atom stereocenters. The first-order valence-electron chi connectivity index (χ1n) is 4.40. The summed E-state index contributed by atoms with van der Waals surface area (Å²) >= 11 is 0. The maximum atomic E-state index is 10.1. The van der Waals surface area contributed by atoms with Crippen LogP contribution in [0.4, 0.5) is 0 Å². The Morgan fingerprint density at radius 3 is 1.21 bits per heavy atom. The molecule has 0 aromatic carbocycles. The quantitative estimate of drug-likeness (QED) is 0.561. The summed E-state index contributed by atoms with van der Waals surface area (Å²) in [6, 6.07) is 5.32. The van der Waals surface area contributed by atoms with Gasteiger partial charge in [-0.15, -0.1) is 0 Å². The molecule has 2 aromatic heterocycles. The number of rotatable bonds is 2. The van der Waals surface area contributed by atoms with Gasteiger partial charge in [0.2, 0.25) is 0 Å². The monoisotopic (exact) mass is 316 g/mol. The van der Waals surface area contributed by atoms with E-state index < -0.39 is 20.2 Å². The van der Waals surface area contributed by atoms with E-state index in [1.54, 1.807) is 0 Å². The molecule has 0 aliphatic rings. The van der Waals surface area contributed by atoms with Crippen molar-refractivity contribution < 1.29 is 25.9 Å². The average molecular weight is 317 g/mol. The molecule has 11 heteroatoms. The molecular formula is C8H8MgN2O6S2. The van der Waals surface area contributed by atoms with Gasteiger partial charge in [-0.3, -0.25) is 0 Å². The van der Waals surface area contributed by atoms with Crippen molar-refractivity contribution in [2.45, 2.75) is 10.1 Å². The van der Waals surface area contributed by atoms with Crippen LogP contribution in [0.2, 0.25) is 0 Å². The van der Waals surface area contributed by atoms with Crippen molar-refractivity contribution in [3.63, 3.8) is 0 Å². The minimum Gasteiger partial charge on any atom is -0.743 e. The molecule has 0 saturated heterocycles. The fraction of sp³-hybridized carbons (Fsp3) is 0. The van der Waals surface area contributed by atoms with Gasteiger partial charge in [0.15, 0.2) is 0 Å². The van der Waals surface area contributed by atoms with E-state index in [4.69, 9.17) is 0 Å². The molecule has 0 fully saturated rings. The predicted molar refractivity (Wildman–Crippen MR) is 63.3 cm³/mol. The van der Waals surface area contributed by atoms with Crippen LogP contribution in [-0.2, 0) is 20.2 Å². The predicted octanol–water partition coefficient (Wildman–Crippen LogP) is -0.543. The van der Waals surface area contributed by atoms with Gasteiger partial charge in [-0.2, -0.15) is 0 Å². The third-order valence-corrected chi connectivity index (χ3v) is 3.26. The summed E-state index contributed by atoms with van der Waals surface area (Å²) in [7, 11) is -8.53. The van der Waals surface area contributed by atoms with Crippen LogP contribution >= 0.6 is 0 Å². The Hall–Kier alpha value is -0.854. The molecule has 2 aromatic rings. The van der Waals surface area contributed by atoms with Gasteiger partial charge in [0.05, 0.1) is 0 Å². The van der Waals surface area contributed by atoms with Crippen LogP contribution in [0.25, 0.3) is 0 Å². The van der Waals surface area contributed by atoms with E-state index in [-0.39, 0.29) is 33.1 Å². The molecule has 0 amide bonds. The zero-order valence-corrected chi connectivity index (χ0v) is 12.5. The van der Waals surface area contributed by atoms with E-state index in [2.05, 4.69) is 9.97 Å². The number of nitrogens with one attached hydrogen (secondary N) is 2. The molecular weight excluding hydrogens is 309 g/mol. The van der Waals surface area contributed by atoms with Crippen molar-refractivity contribution >= 4 is 43.3 Å². The Kier molecular flexibility index (Phi) is 6.75. The van der Waals surface area contributed by atoms with E-state index >= 15 is 0 Å². The summed E-state index contributed by atoms with van der Waals surface area (Å²) in [6.45, 7) is 0. The number of aromatic amines is 2. The first-order valence-corrected chi connectivity index (χ1v) is 7.21. The Morgan fingerprint density at radius 2 is 1.11 bits per heavy atom. The second-order valence-corrected chi connectivity index (χ2v) is 5.67. The third kappa shape index (κ3) is 6.22. The van der Waals surface area contributed by atoms with E-state index in [9.17, 15) is 25.9 Å². The molecule has 19 heavy (non-hydrogen) atoms. The summed E-state index contributed by atoms with van der Waals surface area (Å²) < 4.78 is 60.6. The van der Waals surface area contributed by atoms with E-state index in [0.717, 1.165) is 0 Å². The van der Waals surface area contributed by atoms with Crippen LogP contribution in [-0.4, -0.2) is 59.0 Å². The summed E-state index contributed by atoms with van der Waals surface area (Å²) in [5.41, 5.74) is 0. The van der Waals surface area contributed by atoms with Gasteiger partial charge in [-0.1, -0.05) is 0 Å². The van der Waals surface area contributed by atoms with Crippen LogP contribution < -0.4 is 0 Å². The molecule has 0 saturated carbocycles. The van der Waals surface area contributed by atoms with Gasteiger partial charge in [0.25, 0.3) is 0 Å². The van der Waals surface area contributed by atoms with Gasteiger partial charge < -0.3 is 19.1 Å². The summed E-state index contributed by atoms with van der Waals surface area (Å²) in [4.78, 5) is 4.55. The largest absolute Gasteiger partial charge is 2.00 e. The Labute approximate surface area is 125 Å². The standard InChI is InChI=1S/2C4H5NO3S.Mg/c2*6-9(7,8)4-2-1-3-5-4;/h2*1-3,5H,(H,6,7,8);/q;;+2/p-2. The maximum absolute atomic E-state index is 10.1. The molecule has 0 radical (unpaired) electrons. The van der Waals surface area contributed by atoms with Crippen molar-refractivity contribution in [3.05, 3.63) is 36.7 Å². The molecule has 2 N–H and O–H groups in total. The van der Waals surface area contributed by atoms with Crippen molar-refractivity contribution in [2.24, 2.45) is 0 Å². The topological polar surface area (TPSA) is 146 Å². The smallest absolute Gasteiger partial charge is 0.743 e. The van der Waals surface area contributed by atoms with Crippen LogP contribution in [0.3, 0.4) is 0 Å². The molecule has 0 aliphatic carbocycles. The van der Waals surface area contributed by atoms with Crippen molar-refractivity contribution in [2.75, 3.05) is 0 Å². The molecule has 2 heterocycles. The number of aromatic nitrogens is 2. The average Bonchev–Trinajstić information content (AvgIpc) is 2.91. The van der Waals surface area contributed by atoms with Crippen LogP contribution in [0.1, 0.15) is 0 Å². The minimum atomic E-state index is -4.27. The molecule has 0 aliphatic heterocycles. The Morgan fingerprint density at radius 1 is 0.789 bits per heavy atom. The summed E-state index contributed by atoms with van der Waals surface area (Å²) in [5.74, 6) is 0. The fourth-order valence-corrected chi connectivity index (χ4v) is 1.85. The maximum Gasteiger partial charge on any atom is 2.00 e. The van der Waals surface area contributed by atoms with E-state index in [1.807, 2.05) is 0 Å². The number of H-pyrrole nitrogens is 2. The first kappa shape index (κ1) is 18.1. The van der Waals surface area contributed by atoms with Crippen molar-refractivity contribution in [1.82, 2.24) is 9.97 Å². The second-order valence-electron chi connectivity index (χ2n) is 2.98. The van der Waals surface area contributed by atoms with Gasteiger partial charge in [-0.05, 0) is 24.3 Å². The third-order valence-electron chi connectivity index (χ3n) is 1.68. The number of hydrogen-bond donors (Lipinski definition) is 2. The van der Waals surface area contributed by atoms with E-state index in [1.165, 1.54) is 36.7 Å². The normalized spacial score (nSPS) is 11.1. The first-order chi connectivity index (χ1) is 8.21.